The molecule has 0 saturated carbocycles. The SMILES string of the molecule is O=C(CSc1nnc(-c2cccnc2)n1-c1ccccc1)Nc1ccccc1SCc1ccccc1Cl. The first-order valence-electron chi connectivity index (χ1n) is 11.5. The van der Waals surface area contributed by atoms with E-state index in [4.69, 9.17) is 11.6 Å². The summed E-state index contributed by atoms with van der Waals surface area (Å²) in [6.07, 6.45) is 3.47. The highest BCUT2D eigenvalue weighted by Gasteiger charge is 2.18. The third kappa shape index (κ3) is 6.22. The quantitative estimate of drug-likeness (QED) is 0.202. The van der Waals surface area contributed by atoms with Gasteiger partial charge in [0.15, 0.2) is 11.0 Å². The van der Waals surface area contributed by atoms with E-state index in [1.54, 1.807) is 24.2 Å². The molecular weight excluding hydrogens is 522 g/mol. The van der Waals surface area contributed by atoms with Gasteiger partial charge in [-0.2, -0.15) is 0 Å². The third-order valence-electron chi connectivity index (χ3n) is 5.40. The molecule has 0 radical (unpaired) electrons. The molecule has 0 aliphatic carbocycles. The van der Waals surface area contributed by atoms with Crippen molar-refractivity contribution in [1.29, 1.82) is 0 Å². The molecule has 1 amide bonds. The summed E-state index contributed by atoms with van der Waals surface area (Å²) in [7, 11) is 0. The maximum atomic E-state index is 13.0. The number of nitrogens with one attached hydrogen (secondary N) is 1. The first-order chi connectivity index (χ1) is 18.2. The van der Waals surface area contributed by atoms with Crippen LogP contribution in [-0.4, -0.2) is 31.4 Å². The minimum absolute atomic E-state index is 0.124. The van der Waals surface area contributed by atoms with Gasteiger partial charge in [0.25, 0.3) is 0 Å². The van der Waals surface area contributed by atoms with Crippen LogP contribution in [0.25, 0.3) is 17.1 Å². The maximum absolute atomic E-state index is 13.0. The van der Waals surface area contributed by atoms with E-state index < -0.39 is 0 Å². The Morgan fingerprint density at radius 1 is 0.865 bits per heavy atom. The predicted molar refractivity (Wildman–Crippen MR) is 151 cm³/mol. The van der Waals surface area contributed by atoms with Gasteiger partial charge in [-0.15, -0.1) is 22.0 Å². The van der Waals surface area contributed by atoms with Crippen LogP contribution < -0.4 is 5.32 Å². The van der Waals surface area contributed by atoms with E-state index >= 15 is 0 Å². The number of para-hydroxylation sites is 2. The zero-order chi connectivity index (χ0) is 25.5. The summed E-state index contributed by atoms with van der Waals surface area (Å²) in [6.45, 7) is 0. The molecule has 2 aromatic heterocycles. The first-order valence-corrected chi connectivity index (χ1v) is 13.8. The smallest absolute Gasteiger partial charge is 0.234 e. The number of benzene rings is 3. The largest absolute Gasteiger partial charge is 0.324 e. The molecule has 0 unspecified atom stereocenters. The number of rotatable bonds is 9. The number of hydrogen-bond donors (Lipinski definition) is 1. The zero-order valence-corrected chi connectivity index (χ0v) is 22.0. The van der Waals surface area contributed by atoms with Gasteiger partial charge in [0.05, 0.1) is 11.4 Å². The molecule has 9 heteroatoms. The highest BCUT2D eigenvalue weighted by atomic mass is 35.5. The normalized spacial score (nSPS) is 10.8. The Morgan fingerprint density at radius 3 is 2.46 bits per heavy atom. The molecule has 1 N–H and O–H groups in total. The minimum Gasteiger partial charge on any atom is -0.324 e. The van der Waals surface area contributed by atoms with E-state index in [9.17, 15) is 4.79 Å². The molecular formula is C28H22ClN5OS2. The summed E-state index contributed by atoms with van der Waals surface area (Å²) in [4.78, 5) is 18.2. The number of carbonyl (C=O) groups excluding carboxylic acids is 1. The standard InChI is InChI=1S/C28H22ClN5OS2/c29-23-13-5-4-9-21(23)18-36-25-15-7-6-14-24(25)31-26(35)19-37-28-33-32-27(20-10-8-16-30-17-20)34(28)22-11-2-1-3-12-22/h1-17H,18-19H2,(H,31,35). The Bertz CT molecular complexity index is 1500. The summed E-state index contributed by atoms with van der Waals surface area (Å²) in [6, 6.07) is 29.2. The van der Waals surface area contributed by atoms with Gasteiger partial charge in [0.1, 0.15) is 0 Å². The lowest BCUT2D eigenvalue weighted by Crippen LogP contribution is -2.15. The topological polar surface area (TPSA) is 72.7 Å². The average molecular weight is 544 g/mol. The van der Waals surface area contributed by atoms with Crippen molar-refractivity contribution < 1.29 is 4.79 Å². The molecule has 2 heterocycles. The molecule has 0 fully saturated rings. The van der Waals surface area contributed by atoms with Crippen LogP contribution in [0.3, 0.4) is 0 Å². The van der Waals surface area contributed by atoms with Crippen LogP contribution in [0.15, 0.2) is 113 Å². The lowest BCUT2D eigenvalue weighted by molar-refractivity contribution is -0.113. The second-order valence-corrected chi connectivity index (χ2v) is 10.3. The molecule has 5 aromatic rings. The fraction of sp³-hybridized carbons (Fsp3) is 0.0714. The molecule has 184 valence electrons. The Kier molecular flexibility index (Phi) is 8.20. The maximum Gasteiger partial charge on any atom is 0.234 e. The second-order valence-electron chi connectivity index (χ2n) is 7.93. The highest BCUT2D eigenvalue weighted by molar-refractivity contribution is 7.99. The van der Waals surface area contributed by atoms with Gasteiger partial charge < -0.3 is 5.32 Å². The van der Waals surface area contributed by atoms with Crippen LogP contribution in [0.1, 0.15) is 5.56 Å². The molecule has 0 aliphatic heterocycles. The number of hydrogen-bond acceptors (Lipinski definition) is 6. The number of pyridine rings is 1. The van der Waals surface area contributed by atoms with E-state index in [2.05, 4.69) is 20.5 Å². The van der Waals surface area contributed by atoms with Crippen molar-refractivity contribution in [1.82, 2.24) is 19.7 Å². The number of carbonyl (C=O) groups is 1. The Labute approximate surface area is 228 Å². The van der Waals surface area contributed by atoms with E-state index in [1.165, 1.54) is 11.8 Å². The summed E-state index contributed by atoms with van der Waals surface area (Å²) in [5.41, 5.74) is 3.58. The molecule has 3 aromatic carbocycles. The van der Waals surface area contributed by atoms with Crippen molar-refractivity contribution in [3.05, 3.63) is 114 Å². The lowest BCUT2D eigenvalue weighted by atomic mass is 10.2. The monoisotopic (exact) mass is 543 g/mol. The molecule has 37 heavy (non-hydrogen) atoms. The van der Waals surface area contributed by atoms with Crippen LogP contribution in [0, 0.1) is 0 Å². The number of aromatic nitrogens is 4. The van der Waals surface area contributed by atoms with Crippen molar-refractivity contribution in [2.24, 2.45) is 0 Å². The summed E-state index contributed by atoms with van der Waals surface area (Å²) in [5, 5.41) is 13.2. The third-order valence-corrected chi connectivity index (χ3v) is 7.82. The molecule has 6 nitrogen and oxygen atoms in total. The minimum atomic E-state index is -0.124. The van der Waals surface area contributed by atoms with E-state index in [0.717, 1.165) is 32.4 Å². The predicted octanol–water partition coefficient (Wildman–Crippen LogP) is 7.01. The second kappa shape index (κ2) is 12.1. The van der Waals surface area contributed by atoms with Crippen LogP contribution in [0.4, 0.5) is 5.69 Å². The average Bonchev–Trinajstić information content (AvgIpc) is 3.37. The van der Waals surface area contributed by atoms with Crippen LogP contribution in [0.5, 0.6) is 0 Å². The van der Waals surface area contributed by atoms with Crippen molar-refractivity contribution in [3.63, 3.8) is 0 Å². The van der Waals surface area contributed by atoms with Gasteiger partial charge in [-0.25, -0.2) is 0 Å². The van der Waals surface area contributed by atoms with Gasteiger partial charge in [-0.3, -0.25) is 14.3 Å². The van der Waals surface area contributed by atoms with E-state index in [-0.39, 0.29) is 11.7 Å². The number of amides is 1. The number of halogens is 1. The molecule has 0 bridgehead atoms. The van der Waals surface area contributed by atoms with Crippen molar-refractivity contribution >= 4 is 46.7 Å². The van der Waals surface area contributed by atoms with Crippen LogP contribution >= 0.6 is 35.1 Å². The van der Waals surface area contributed by atoms with Gasteiger partial charge in [-0.1, -0.05) is 71.9 Å². The Hall–Kier alpha value is -3.59. The van der Waals surface area contributed by atoms with Gasteiger partial charge >= 0.3 is 0 Å². The summed E-state index contributed by atoms with van der Waals surface area (Å²) >= 11 is 9.28. The zero-order valence-electron chi connectivity index (χ0n) is 19.6. The van der Waals surface area contributed by atoms with Crippen molar-refractivity contribution in [3.8, 4) is 17.1 Å². The van der Waals surface area contributed by atoms with E-state index in [1.807, 2.05) is 95.6 Å². The Balaban J connectivity index is 1.30. The molecule has 5 rings (SSSR count). The van der Waals surface area contributed by atoms with Gasteiger partial charge in [-0.05, 0) is 48.0 Å². The lowest BCUT2D eigenvalue weighted by Gasteiger charge is -2.12. The van der Waals surface area contributed by atoms with Gasteiger partial charge in [0, 0.05) is 39.3 Å². The first kappa shape index (κ1) is 25.1. The number of anilines is 1. The van der Waals surface area contributed by atoms with Crippen LogP contribution in [0.2, 0.25) is 5.02 Å². The van der Waals surface area contributed by atoms with Gasteiger partial charge in [0.2, 0.25) is 5.91 Å². The molecule has 0 atom stereocenters. The van der Waals surface area contributed by atoms with Crippen LogP contribution in [-0.2, 0) is 10.5 Å². The fourth-order valence-corrected chi connectivity index (χ4v) is 5.68. The number of nitrogens with zero attached hydrogens (tertiary/aromatic N) is 4. The van der Waals surface area contributed by atoms with Crippen molar-refractivity contribution in [2.75, 3.05) is 11.1 Å². The fourth-order valence-electron chi connectivity index (χ4n) is 3.64. The number of thioether (sulfide) groups is 2. The molecule has 0 spiro atoms. The highest BCUT2D eigenvalue weighted by Crippen LogP contribution is 2.32. The summed E-state index contributed by atoms with van der Waals surface area (Å²) < 4.78 is 1.95. The molecule has 0 aliphatic rings. The molecule has 0 saturated heterocycles. The summed E-state index contributed by atoms with van der Waals surface area (Å²) in [5.74, 6) is 1.44. The van der Waals surface area contributed by atoms with E-state index in [0.29, 0.717) is 16.7 Å². The van der Waals surface area contributed by atoms with Crippen molar-refractivity contribution in [2.45, 2.75) is 15.8 Å². The Morgan fingerprint density at radius 2 is 1.65 bits per heavy atom.